The van der Waals surface area contributed by atoms with Gasteiger partial charge in [0.25, 0.3) is 5.91 Å². The molecule has 2 aromatic rings. The summed E-state index contributed by atoms with van der Waals surface area (Å²) >= 11 is 0.860. The summed E-state index contributed by atoms with van der Waals surface area (Å²) in [5.74, 6) is -0.311. The van der Waals surface area contributed by atoms with Crippen LogP contribution in [0, 0.1) is 0 Å². The van der Waals surface area contributed by atoms with E-state index in [2.05, 4.69) is 10.3 Å². The molecule has 4 rings (SSSR count). The number of hydrogen-bond donors (Lipinski definition) is 1. The third-order valence-corrected chi connectivity index (χ3v) is 6.96. The van der Waals surface area contributed by atoms with Gasteiger partial charge in [0, 0.05) is 51.4 Å². The third kappa shape index (κ3) is 5.01. The highest BCUT2D eigenvalue weighted by molar-refractivity contribution is 7.17. The molecule has 0 aromatic carbocycles. The second-order valence-electron chi connectivity index (χ2n) is 8.34. The smallest absolute Gasteiger partial charge is 0.417 e. The van der Waals surface area contributed by atoms with Gasteiger partial charge in [-0.15, -0.1) is 11.3 Å². The Morgan fingerprint density at radius 1 is 1.21 bits per heavy atom. The van der Waals surface area contributed by atoms with Crippen molar-refractivity contribution < 1.29 is 27.5 Å². The molecule has 2 aliphatic heterocycles. The lowest BCUT2D eigenvalue weighted by atomic mass is 10.1. The number of rotatable bonds is 3. The van der Waals surface area contributed by atoms with E-state index < -0.39 is 17.6 Å². The van der Waals surface area contributed by atoms with Crippen LogP contribution in [0.1, 0.15) is 35.2 Å². The highest BCUT2D eigenvalue weighted by atomic mass is 32.1. The molecular formula is C21H26F3N5O3S. The number of anilines is 1. The number of alkyl halides is 3. The predicted octanol–water partition coefficient (Wildman–Crippen LogP) is 3.38. The summed E-state index contributed by atoms with van der Waals surface area (Å²) in [4.78, 5) is 34.5. The van der Waals surface area contributed by atoms with Crippen LogP contribution in [-0.4, -0.2) is 79.8 Å². The van der Waals surface area contributed by atoms with E-state index in [0.717, 1.165) is 30.4 Å². The second kappa shape index (κ2) is 9.34. The third-order valence-electron chi connectivity index (χ3n) is 5.96. The van der Waals surface area contributed by atoms with E-state index in [1.807, 2.05) is 11.9 Å². The maximum Gasteiger partial charge on any atom is 0.417 e. The van der Waals surface area contributed by atoms with E-state index in [1.165, 1.54) is 12.4 Å². The van der Waals surface area contributed by atoms with E-state index in [1.54, 1.807) is 9.80 Å². The summed E-state index contributed by atoms with van der Waals surface area (Å²) < 4.78 is 46.9. The lowest BCUT2D eigenvalue weighted by Gasteiger charge is -2.36. The molecule has 0 atom stereocenters. The van der Waals surface area contributed by atoms with E-state index >= 15 is 0 Å². The van der Waals surface area contributed by atoms with Gasteiger partial charge in [0.05, 0.1) is 28.0 Å². The zero-order valence-corrected chi connectivity index (χ0v) is 19.3. The van der Waals surface area contributed by atoms with Crippen LogP contribution in [0.25, 0.3) is 10.2 Å². The summed E-state index contributed by atoms with van der Waals surface area (Å²) in [6.07, 6.45) is -3.36. The number of halogens is 3. The number of piperidine rings is 1. The van der Waals surface area contributed by atoms with E-state index in [0.29, 0.717) is 39.1 Å². The first kappa shape index (κ1) is 23.6. The average molecular weight is 486 g/mol. The van der Waals surface area contributed by atoms with Crippen LogP contribution in [-0.2, 0) is 10.9 Å². The Kier molecular flexibility index (Phi) is 6.66. The second-order valence-corrected chi connectivity index (χ2v) is 9.22. The number of nitrogens with zero attached hydrogens (tertiary/aromatic N) is 4. The molecule has 2 saturated heterocycles. The molecule has 2 fully saturated rings. The van der Waals surface area contributed by atoms with Gasteiger partial charge in [0.15, 0.2) is 0 Å². The number of carbonyl (C=O) groups excluding carboxylic acids is 2. The maximum atomic E-state index is 13.8. The number of hydrogen-bond acceptors (Lipinski definition) is 7. The van der Waals surface area contributed by atoms with Crippen molar-refractivity contribution in [3.8, 4) is 0 Å². The van der Waals surface area contributed by atoms with Gasteiger partial charge in [-0.1, -0.05) is 0 Å². The maximum absolute atomic E-state index is 13.8. The highest BCUT2D eigenvalue weighted by Gasteiger charge is 2.36. The van der Waals surface area contributed by atoms with Crippen LogP contribution < -0.4 is 10.2 Å². The summed E-state index contributed by atoms with van der Waals surface area (Å²) in [6.45, 7) is 2.90. The molecule has 12 heteroatoms. The molecule has 2 aliphatic rings. The standard InChI is InChI=1S/C21H26F3N5O3S/c1-25-19(30)14-11-33-18-15(21(22,23)24)10-16(26-17(14)18)28-8-4-13(5-9-28)32-20(31)29-7-3-6-27(2)12-29/h10-11,13H,3-9,12H2,1-2H3,(H,25,30). The van der Waals surface area contributed by atoms with Gasteiger partial charge in [0.2, 0.25) is 0 Å². The molecule has 0 saturated carbocycles. The summed E-state index contributed by atoms with van der Waals surface area (Å²) in [5.41, 5.74) is -0.627. The number of ether oxygens (including phenoxy) is 1. The SMILES string of the molecule is CNC(=O)c1csc2c(C(F)(F)F)cc(N3CCC(OC(=O)N4CCCN(C)C4)CC3)nc12. The lowest BCUT2D eigenvalue weighted by molar-refractivity contribution is -0.136. The summed E-state index contributed by atoms with van der Waals surface area (Å²) in [6, 6.07) is 1.04. The Morgan fingerprint density at radius 3 is 2.58 bits per heavy atom. The largest absolute Gasteiger partial charge is 0.446 e. The molecule has 8 nitrogen and oxygen atoms in total. The molecule has 0 aliphatic carbocycles. The monoisotopic (exact) mass is 485 g/mol. The topological polar surface area (TPSA) is 78.0 Å². The number of aromatic nitrogens is 1. The van der Waals surface area contributed by atoms with E-state index in [4.69, 9.17) is 4.74 Å². The fourth-order valence-electron chi connectivity index (χ4n) is 4.20. The molecule has 180 valence electrons. The molecule has 0 bridgehead atoms. The van der Waals surface area contributed by atoms with Crippen LogP contribution in [0.2, 0.25) is 0 Å². The molecule has 33 heavy (non-hydrogen) atoms. The van der Waals surface area contributed by atoms with Gasteiger partial charge in [-0.25, -0.2) is 9.78 Å². The fraction of sp³-hybridized carbons (Fsp3) is 0.571. The van der Waals surface area contributed by atoms with Crippen LogP contribution in [0.4, 0.5) is 23.8 Å². The van der Waals surface area contributed by atoms with Crippen molar-refractivity contribution in [3.05, 3.63) is 22.6 Å². The van der Waals surface area contributed by atoms with Gasteiger partial charge < -0.3 is 15.0 Å². The zero-order valence-electron chi connectivity index (χ0n) is 18.4. The van der Waals surface area contributed by atoms with E-state index in [9.17, 15) is 22.8 Å². The molecule has 0 unspecified atom stereocenters. The molecule has 0 spiro atoms. The summed E-state index contributed by atoms with van der Waals surface area (Å²) in [7, 11) is 3.37. The van der Waals surface area contributed by atoms with Gasteiger partial charge >= 0.3 is 12.3 Å². The minimum Gasteiger partial charge on any atom is -0.446 e. The van der Waals surface area contributed by atoms with Crippen molar-refractivity contribution in [2.75, 3.05) is 51.8 Å². The Morgan fingerprint density at radius 2 is 1.94 bits per heavy atom. The molecule has 4 heterocycles. The minimum atomic E-state index is -4.57. The average Bonchev–Trinajstić information content (AvgIpc) is 3.21. The molecular weight excluding hydrogens is 459 g/mol. The van der Waals surface area contributed by atoms with Crippen molar-refractivity contribution in [3.63, 3.8) is 0 Å². The fourth-order valence-corrected chi connectivity index (χ4v) is 5.22. The van der Waals surface area contributed by atoms with Gasteiger partial charge in [-0.2, -0.15) is 13.2 Å². The number of carbonyl (C=O) groups is 2. The first-order valence-corrected chi connectivity index (χ1v) is 11.7. The van der Waals surface area contributed by atoms with Crippen LogP contribution in [0.3, 0.4) is 0 Å². The number of fused-ring (bicyclic) bond motifs is 1. The van der Waals surface area contributed by atoms with Crippen molar-refractivity contribution in [1.29, 1.82) is 0 Å². The van der Waals surface area contributed by atoms with Gasteiger partial charge in [-0.05, 0) is 19.5 Å². The number of nitrogens with one attached hydrogen (secondary N) is 1. The number of thiophene rings is 1. The molecule has 1 N–H and O–H groups in total. The van der Waals surface area contributed by atoms with Gasteiger partial charge in [-0.3, -0.25) is 14.6 Å². The molecule has 0 radical (unpaired) electrons. The quantitative estimate of drug-likeness (QED) is 0.719. The molecule has 2 aromatic heterocycles. The number of pyridine rings is 1. The number of amides is 2. The normalized spacial score (nSPS) is 18.6. The zero-order chi connectivity index (χ0) is 23.8. The van der Waals surface area contributed by atoms with Crippen molar-refractivity contribution in [2.24, 2.45) is 0 Å². The Labute approximate surface area is 193 Å². The highest BCUT2D eigenvalue weighted by Crippen LogP contribution is 2.40. The van der Waals surface area contributed by atoms with E-state index in [-0.39, 0.29) is 33.8 Å². The van der Waals surface area contributed by atoms with Crippen LogP contribution >= 0.6 is 11.3 Å². The minimum absolute atomic E-state index is 0.0481. The summed E-state index contributed by atoms with van der Waals surface area (Å²) in [5, 5.41) is 3.85. The Balaban J connectivity index is 1.49. The van der Waals surface area contributed by atoms with Gasteiger partial charge in [0.1, 0.15) is 11.9 Å². The molecule has 2 amide bonds. The predicted molar refractivity (Wildman–Crippen MR) is 119 cm³/mol. The van der Waals surface area contributed by atoms with Crippen molar-refractivity contribution in [2.45, 2.75) is 31.5 Å². The van der Waals surface area contributed by atoms with Crippen molar-refractivity contribution in [1.82, 2.24) is 20.1 Å². The lowest BCUT2D eigenvalue weighted by Crippen LogP contribution is -2.47. The Hall–Kier alpha value is -2.60. The first-order chi connectivity index (χ1) is 15.7. The first-order valence-electron chi connectivity index (χ1n) is 10.8. The van der Waals surface area contributed by atoms with Crippen molar-refractivity contribution >= 4 is 39.4 Å². The van der Waals surface area contributed by atoms with Crippen LogP contribution in [0.15, 0.2) is 11.4 Å². The van der Waals surface area contributed by atoms with Crippen LogP contribution in [0.5, 0.6) is 0 Å². The Bertz CT molecular complexity index is 1040.